The molecule has 136 valence electrons. The van der Waals surface area contributed by atoms with E-state index in [1.807, 2.05) is 0 Å². The predicted octanol–water partition coefficient (Wildman–Crippen LogP) is 4.13. The second-order valence-corrected chi connectivity index (χ2v) is 9.88. The van der Waals surface area contributed by atoms with Gasteiger partial charge in [0, 0.05) is 19.0 Å². The molecular formula is C18H25N3O2S2. The van der Waals surface area contributed by atoms with Gasteiger partial charge in [0.05, 0.1) is 10.6 Å². The smallest absolute Gasteiger partial charge is 0.277 e. The van der Waals surface area contributed by atoms with Crippen molar-refractivity contribution >= 4 is 29.0 Å². The minimum absolute atomic E-state index is 0.0320. The Morgan fingerprint density at radius 3 is 2.84 bits per heavy atom. The molecule has 1 unspecified atom stereocenters. The molecule has 25 heavy (non-hydrogen) atoms. The highest BCUT2D eigenvalue weighted by molar-refractivity contribution is 7.99. The van der Waals surface area contributed by atoms with E-state index >= 15 is 0 Å². The third-order valence-corrected chi connectivity index (χ3v) is 6.77. The van der Waals surface area contributed by atoms with Crippen LogP contribution in [0.15, 0.2) is 15.7 Å². The van der Waals surface area contributed by atoms with Crippen LogP contribution in [-0.2, 0) is 17.6 Å². The van der Waals surface area contributed by atoms with Gasteiger partial charge in [-0.1, -0.05) is 32.5 Å². The first-order valence-corrected chi connectivity index (χ1v) is 10.3. The summed E-state index contributed by atoms with van der Waals surface area (Å²) >= 11 is 3.05. The minimum Gasteiger partial charge on any atom is -0.410 e. The number of rotatable bonds is 4. The quantitative estimate of drug-likeness (QED) is 0.748. The van der Waals surface area contributed by atoms with E-state index < -0.39 is 0 Å². The van der Waals surface area contributed by atoms with Gasteiger partial charge < -0.3 is 9.32 Å². The Kier molecular flexibility index (Phi) is 5.25. The molecule has 2 aromatic rings. The maximum absolute atomic E-state index is 11.7. The molecular weight excluding hydrogens is 354 g/mol. The van der Waals surface area contributed by atoms with E-state index in [2.05, 4.69) is 37.0 Å². The van der Waals surface area contributed by atoms with Gasteiger partial charge in [0.25, 0.3) is 11.1 Å². The first kappa shape index (κ1) is 18.5. The van der Waals surface area contributed by atoms with Crippen molar-refractivity contribution < 1.29 is 9.21 Å². The van der Waals surface area contributed by atoms with Gasteiger partial charge in [-0.2, -0.15) is 0 Å². The zero-order chi connectivity index (χ0) is 18.2. The molecule has 0 aliphatic heterocycles. The first-order valence-electron chi connectivity index (χ1n) is 8.52. The Bertz CT molecular complexity index is 759. The zero-order valence-corrected chi connectivity index (χ0v) is 17.1. The molecule has 0 spiro atoms. The fraction of sp³-hybridized carbons (Fsp3) is 0.611. The van der Waals surface area contributed by atoms with Crippen molar-refractivity contribution in [2.45, 2.75) is 45.3 Å². The van der Waals surface area contributed by atoms with E-state index in [9.17, 15) is 4.79 Å². The monoisotopic (exact) mass is 379 g/mol. The molecule has 1 aliphatic carbocycles. The van der Waals surface area contributed by atoms with E-state index in [-0.39, 0.29) is 5.91 Å². The van der Waals surface area contributed by atoms with Crippen LogP contribution in [0.25, 0.3) is 10.8 Å². The van der Waals surface area contributed by atoms with E-state index in [0.29, 0.717) is 28.2 Å². The van der Waals surface area contributed by atoms with Gasteiger partial charge in [0.15, 0.2) is 0 Å². The molecule has 5 nitrogen and oxygen atoms in total. The summed E-state index contributed by atoms with van der Waals surface area (Å²) in [6.45, 7) is 6.98. The molecule has 7 heteroatoms. The number of amides is 1. The fourth-order valence-electron chi connectivity index (χ4n) is 2.99. The lowest BCUT2D eigenvalue weighted by Gasteiger charge is -2.33. The van der Waals surface area contributed by atoms with Crippen molar-refractivity contribution in [3.63, 3.8) is 0 Å². The minimum atomic E-state index is 0.0320. The van der Waals surface area contributed by atoms with Crippen LogP contribution >= 0.6 is 23.1 Å². The number of aryl methyl sites for hydroxylation is 1. The summed E-state index contributed by atoms with van der Waals surface area (Å²) in [5.41, 5.74) is 1.77. The molecule has 2 heterocycles. The highest BCUT2D eigenvalue weighted by atomic mass is 32.2. The molecule has 1 aliphatic rings. The molecule has 0 aromatic carbocycles. The van der Waals surface area contributed by atoms with Crippen LogP contribution in [0.1, 0.15) is 37.6 Å². The Hall–Kier alpha value is -1.34. The number of hydrogen-bond donors (Lipinski definition) is 0. The third-order valence-electron chi connectivity index (χ3n) is 4.74. The van der Waals surface area contributed by atoms with Gasteiger partial charge in [0.1, 0.15) is 0 Å². The summed E-state index contributed by atoms with van der Waals surface area (Å²) in [5.74, 6) is 1.62. The summed E-state index contributed by atoms with van der Waals surface area (Å²) in [4.78, 5) is 15.7. The largest absolute Gasteiger partial charge is 0.410 e. The topological polar surface area (TPSA) is 59.2 Å². The third kappa shape index (κ3) is 4.26. The maximum Gasteiger partial charge on any atom is 0.277 e. The van der Waals surface area contributed by atoms with Crippen molar-refractivity contribution in [3.05, 3.63) is 16.5 Å². The second-order valence-electron chi connectivity index (χ2n) is 7.81. The molecule has 0 fully saturated rings. The second kappa shape index (κ2) is 7.11. The lowest BCUT2D eigenvalue weighted by molar-refractivity contribution is -0.125. The summed E-state index contributed by atoms with van der Waals surface area (Å²) in [7, 11) is 3.48. The van der Waals surface area contributed by atoms with Gasteiger partial charge in [-0.05, 0) is 42.2 Å². The standard InChI is InChI=1S/C18H25N3O2S2/c1-18(2,3)12-6-7-13-11(8-12)9-14(25-13)16-19-20-17(23-16)24-10-15(22)21(4)5/h9,12H,6-8,10H2,1-5H3. The lowest BCUT2D eigenvalue weighted by atomic mass is 9.72. The van der Waals surface area contributed by atoms with Gasteiger partial charge in [-0.25, -0.2) is 0 Å². The van der Waals surface area contributed by atoms with E-state index in [0.717, 1.165) is 17.7 Å². The van der Waals surface area contributed by atoms with E-state index in [4.69, 9.17) is 4.42 Å². The van der Waals surface area contributed by atoms with Crippen LogP contribution in [0.4, 0.5) is 0 Å². The molecule has 2 aromatic heterocycles. The van der Waals surface area contributed by atoms with E-state index in [1.54, 1.807) is 30.3 Å². The van der Waals surface area contributed by atoms with Crippen LogP contribution < -0.4 is 0 Å². The number of hydrogen-bond acceptors (Lipinski definition) is 6. The number of nitrogens with zero attached hydrogens (tertiary/aromatic N) is 3. The molecule has 1 atom stereocenters. The van der Waals surface area contributed by atoms with Crippen molar-refractivity contribution in [1.82, 2.24) is 15.1 Å². The van der Waals surface area contributed by atoms with Crippen LogP contribution in [0.5, 0.6) is 0 Å². The van der Waals surface area contributed by atoms with Gasteiger partial charge >= 0.3 is 0 Å². The number of fused-ring (bicyclic) bond motifs is 1. The van der Waals surface area contributed by atoms with Crippen LogP contribution in [-0.4, -0.2) is 40.9 Å². The molecule has 0 saturated heterocycles. The molecule has 3 rings (SSSR count). The SMILES string of the molecule is CN(C)C(=O)CSc1nnc(-c2cc3c(s2)CCC(C(C)(C)C)C3)o1. The Morgan fingerprint density at radius 1 is 1.40 bits per heavy atom. The number of carbonyl (C=O) groups is 1. The van der Waals surface area contributed by atoms with Crippen molar-refractivity contribution in [2.24, 2.45) is 11.3 Å². The number of aromatic nitrogens is 2. The molecule has 0 radical (unpaired) electrons. The Balaban J connectivity index is 1.70. The summed E-state index contributed by atoms with van der Waals surface area (Å²) < 4.78 is 5.75. The molecule has 0 bridgehead atoms. The predicted molar refractivity (Wildman–Crippen MR) is 102 cm³/mol. The van der Waals surface area contributed by atoms with Crippen molar-refractivity contribution in [3.8, 4) is 10.8 Å². The van der Waals surface area contributed by atoms with Crippen LogP contribution in [0.2, 0.25) is 0 Å². The molecule has 1 amide bonds. The van der Waals surface area contributed by atoms with Crippen LogP contribution in [0.3, 0.4) is 0 Å². The number of carbonyl (C=O) groups excluding carboxylic acids is 1. The number of thiophene rings is 1. The molecule has 0 N–H and O–H groups in total. The summed E-state index contributed by atoms with van der Waals surface area (Å²) in [6.07, 6.45) is 3.51. The van der Waals surface area contributed by atoms with Gasteiger partial charge in [-0.15, -0.1) is 21.5 Å². The zero-order valence-electron chi connectivity index (χ0n) is 15.5. The van der Waals surface area contributed by atoms with Crippen molar-refractivity contribution in [1.29, 1.82) is 0 Å². The van der Waals surface area contributed by atoms with Crippen LogP contribution in [0, 0.1) is 11.3 Å². The molecule has 0 saturated carbocycles. The average Bonchev–Trinajstić information content (AvgIpc) is 3.17. The summed E-state index contributed by atoms with van der Waals surface area (Å²) in [5, 5.41) is 8.68. The van der Waals surface area contributed by atoms with E-state index in [1.165, 1.54) is 28.6 Å². The number of thioether (sulfide) groups is 1. The normalized spacial score (nSPS) is 17.4. The highest BCUT2D eigenvalue weighted by Crippen LogP contribution is 2.42. The maximum atomic E-state index is 11.7. The first-order chi connectivity index (χ1) is 11.7. The highest BCUT2D eigenvalue weighted by Gasteiger charge is 2.30. The summed E-state index contributed by atoms with van der Waals surface area (Å²) in [6, 6.07) is 2.21. The average molecular weight is 380 g/mol. The Labute approximate surface area is 157 Å². The van der Waals surface area contributed by atoms with Gasteiger partial charge in [-0.3, -0.25) is 4.79 Å². The van der Waals surface area contributed by atoms with Crippen molar-refractivity contribution in [2.75, 3.05) is 19.8 Å². The fourth-order valence-corrected chi connectivity index (χ4v) is 4.86. The lowest BCUT2D eigenvalue weighted by Crippen LogP contribution is -2.26. The van der Waals surface area contributed by atoms with Gasteiger partial charge in [0.2, 0.25) is 5.91 Å². The Morgan fingerprint density at radius 2 is 2.16 bits per heavy atom.